The molecule has 0 amide bonds. The minimum absolute atomic E-state index is 0.346. The van der Waals surface area contributed by atoms with Gasteiger partial charge in [0.1, 0.15) is 0 Å². The number of rotatable bonds is 6. The van der Waals surface area contributed by atoms with Crippen LogP contribution in [-0.4, -0.2) is 25.2 Å². The number of hydrogen-bond donors (Lipinski definition) is 1. The topological polar surface area (TPSA) is 85.1 Å². The summed E-state index contributed by atoms with van der Waals surface area (Å²) in [6, 6.07) is 12.4. The van der Waals surface area contributed by atoms with Gasteiger partial charge in [0.25, 0.3) is 5.56 Å². The smallest absolute Gasteiger partial charge is 0.328 e. The molecule has 4 rings (SSSR count). The van der Waals surface area contributed by atoms with Crippen LogP contribution < -0.4 is 5.56 Å². The molecular weight excluding hydrogens is 386 g/mol. The molecule has 1 N–H and O–H groups in total. The van der Waals surface area contributed by atoms with Crippen LogP contribution in [0.25, 0.3) is 20.9 Å². The monoisotopic (exact) mass is 407 g/mol. The molecule has 0 spiro atoms. The Morgan fingerprint density at radius 1 is 1.14 bits per heavy atom. The highest BCUT2D eigenvalue weighted by molar-refractivity contribution is 7.13. The lowest BCUT2D eigenvalue weighted by molar-refractivity contribution is -0.141. The molecule has 2 aromatic heterocycles. The van der Waals surface area contributed by atoms with Crippen molar-refractivity contribution in [1.29, 1.82) is 0 Å². The molecule has 0 radical (unpaired) electrons. The maximum Gasteiger partial charge on any atom is 0.328 e. The molecule has 148 valence electrons. The van der Waals surface area contributed by atoms with Gasteiger partial charge in [0, 0.05) is 17.2 Å². The Balaban J connectivity index is 1.92. The molecular formula is C22H21N3O3S. The number of aryl methyl sites for hydroxylation is 1. The lowest BCUT2D eigenvalue weighted by Crippen LogP contribution is -2.33. The molecule has 0 aliphatic carbocycles. The van der Waals surface area contributed by atoms with Crippen LogP contribution in [0.1, 0.15) is 42.8 Å². The fourth-order valence-corrected chi connectivity index (χ4v) is 4.63. The largest absolute Gasteiger partial charge is 0.480 e. The minimum Gasteiger partial charge on any atom is -0.480 e. The summed E-state index contributed by atoms with van der Waals surface area (Å²) in [6.45, 7) is 3.95. The minimum atomic E-state index is -1.04. The summed E-state index contributed by atoms with van der Waals surface area (Å²) >= 11 is 1.44. The quantitative estimate of drug-likeness (QED) is 0.514. The van der Waals surface area contributed by atoms with E-state index in [1.165, 1.54) is 11.5 Å². The summed E-state index contributed by atoms with van der Waals surface area (Å²) in [5, 5.41) is 16.5. The number of carboxylic acid groups (broad SMARTS) is 1. The highest BCUT2D eigenvalue weighted by Gasteiger charge is 2.24. The van der Waals surface area contributed by atoms with Gasteiger partial charge >= 0.3 is 5.97 Å². The van der Waals surface area contributed by atoms with Gasteiger partial charge in [-0.1, -0.05) is 43.7 Å². The number of hydrogen-bond acceptors (Lipinski definition) is 5. The van der Waals surface area contributed by atoms with E-state index >= 15 is 0 Å². The first-order valence-electron chi connectivity index (χ1n) is 9.58. The lowest BCUT2D eigenvalue weighted by atomic mass is 10.0. The first-order chi connectivity index (χ1) is 14.0. The third-order valence-electron chi connectivity index (χ3n) is 5.16. The van der Waals surface area contributed by atoms with Crippen molar-refractivity contribution in [3.05, 3.63) is 69.8 Å². The molecule has 4 aromatic rings. The van der Waals surface area contributed by atoms with E-state index in [1.54, 1.807) is 12.1 Å². The summed E-state index contributed by atoms with van der Waals surface area (Å²) in [5.74, 6) is -1.04. The van der Waals surface area contributed by atoms with Gasteiger partial charge in [0.15, 0.2) is 6.04 Å². The van der Waals surface area contributed by atoms with E-state index in [-0.39, 0.29) is 5.56 Å². The zero-order chi connectivity index (χ0) is 20.5. The van der Waals surface area contributed by atoms with Gasteiger partial charge in [-0.15, -0.1) is 0 Å². The van der Waals surface area contributed by atoms with Crippen molar-refractivity contribution < 1.29 is 9.90 Å². The van der Waals surface area contributed by atoms with Crippen molar-refractivity contribution in [3.63, 3.8) is 0 Å². The first kappa shape index (κ1) is 19.3. The number of carboxylic acids is 1. The van der Waals surface area contributed by atoms with E-state index in [1.807, 2.05) is 44.2 Å². The van der Waals surface area contributed by atoms with E-state index < -0.39 is 12.0 Å². The van der Waals surface area contributed by atoms with Crippen LogP contribution in [0.5, 0.6) is 0 Å². The molecule has 0 saturated carbocycles. The van der Waals surface area contributed by atoms with Crippen LogP contribution in [0.2, 0.25) is 0 Å². The fraction of sp³-hybridized carbons (Fsp3) is 0.273. The molecule has 2 aromatic carbocycles. The number of fused-ring (bicyclic) bond motifs is 2. The molecule has 0 aliphatic rings. The maximum atomic E-state index is 13.0. The van der Waals surface area contributed by atoms with Crippen LogP contribution in [0, 0.1) is 6.92 Å². The van der Waals surface area contributed by atoms with Gasteiger partial charge in [-0.2, -0.15) is 9.47 Å². The van der Waals surface area contributed by atoms with Crippen molar-refractivity contribution in [3.8, 4) is 0 Å². The molecule has 2 heterocycles. The van der Waals surface area contributed by atoms with Gasteiger partial charge in [-0.3, -0.25) is 4.79 Å². The van der Waals surface area contributed by atoms with Gasteiger partial charge < -0.3 is 5.11 Å². The number of nitrogens with zero attached hydrogens (tertiary/aromatic N) is 3. The Bertz CT molecular complexity index is 1280. The van der Waals surface area contributed by atoms with E-state index in [9.17, 15) is 14.7 Å². The zero-order valence-electron chi connectivity index (χ0n) is 16.3. The standard InChI is InChI=1S/C22H21N3O3S/c1-3-7-18(22(27)28)25-21(26)15-10-5-4-9-14(15)16(23-25)12-17-20-13(2)8-6-11-19(20)29-24-17/h4-6,8-11,18H,3,7,12H2,1-2H3,(H,27,28). The number of aliphatic carboxylic acids is 1. The van der Waals surface area contributed by atoms with E-state index in [0.717, 1.165) is 31.4 Å². The molecule has 1 atom stereocenters. The molecule has 7 heteroatoms. The molecule has 29 heavy (non-hydrogen) atoms. The van der Waals surface area contributed by atoms with Crippen molar-refractivity contribution in [1.82, 2.24) is 14.2 Å². The second-order valence-electron chi connectivity index (χ2n) is 7.14. The van der Waals surface area contributed by atoms with E-state index in [2.05, 4.69) is 9.47 Å². The summed E-state index contributed by atoms with van der Waals surface area (Å²) < 4.78 is 6.87. The summed E-state index contributed by atoms with van der Waals surface area (Å²) in [5.41, 5.74) is 2.33. The van der Waals surface area contributed by atoms with E-state index in [0.29, 0.717) is 30.3 Å². The van der Waals surface area contributed by atoms with Crippen molar-refractivity contribution in [2.24, 2.45) is 0 Å². The Labute approximate surface area is 171 Å². The normalized spacial score (nSPS) is 12.5. The van der Waals surface area contributed by atoms with Gasteiger partial charge in [0.2, 0.25) is 0 Å². The Morgan fingerprint density at radius 3 is 2.62 bits per heavy atom. The average Bonchev–Trinajstić information content (AvgIpc) is 3.12. The van der Waals surface area contributed by atoms with Crippen LogP contribution in [-0.2, 0) is 11.2 Å². The summed E-state index contributed by atoms with van der Waals surface area (Å²) in [4.78, 5) is 24.8. The number of benzene rings is 2. The fourth-order valence-electron chi connectivity index (χ4n) is 3.76. The highest BCUT2D eigenvalue weighted by atomic mass is 32.1. The molecule has 1 unspecified atom stereocenters. The van der Waals surface area contributed by atoms with Crippen molar-refractivity contribution in [2.75, 3.05) is 0 Å². The summed E-state index contributed by atoms with van der Waals surface area (Å²) in [7, 11) is 0. The third-order valence-corrected chi connectivity index (χ3v) is 6.01. The Kier molecular flexibility index (Phi) is 5.15. The predicted octanol–water partition coefficient (Wildman–Crippen LogP) is 4.33. The Hall–Kier alpha value is -3.06. The van der Waals surface area contributed by atoms with Gasteiger partial charge in [0.05, 0.1) is 21.5 Å². The van der Waals surface area contributed by atoms with Crippen LogP contribution in [0.3, 0.4) is 0 Å². The zero-order valence-corrected chi connectivity index (χ0v) is 17.1. The van der Waals surface area contributed by atoms with Gasteiger partial charge in [-0.05, 0) is 42.6 Å². The second kappa shape index (κ2) is 7.75. The molecule has 0 bridgehead atoms. The SMILES string of the molecule is CCCC(C(=O)O)n1nc(Cc2nsc3cccc(C)c23)c2ccccc2c1=O. The first-order valence-corrected chi connectivity index (χ1v) is 10.4. The van der Waals surface area contributed by atoms with Crippen molar-refractivity contribution in [2.45, 2.75) is 39.2 Å². The molecule has 0 aliphatic heterocycles. The lowest BCUT2D eigenvalue weighted by Gasteiger charge is -2.16. The van der Waals surface area contributed by atoms with E-state index in [4.69, 9.17) is 0 Å². The molecule has 6 nitrogen and oxygen atoms in total. The molecule has 0 saturated heterocycles. The van der Waals surface area contributed by atoms with Crippen molar-refractivity contribution >= 4 is 38.4 Å². The third kappa shape index (κ3) is 3.42. The summed E-state index contributed by atoms with van der Waals surface area (Å²) in [6.07, 6.45) is 1.42. The second-order valence-corrected chi connectivity index (χ2v) is 7.94. The number of aromatic nitrogens is 3. The average molecular weight is 407 g/mol. The molecule has 0 fully saturated rings. The number of carbonyl (C=O) groups is 1. The maximum absolute atomic E-state index is 13.0. The Morgan fingerprint density at radius 2 is 1.90 bits per heavy atom. The van der Waals surface area contributed by atoms with Crippen LogP contribution in [0.15, 0.2) is 47.3 Å². The van der Waals surface area contributed by atoms with Crippen LogP contribution >= 0.6 is 11.5 Å². The predicted molar refractivity (Wildman–Crippen MR) is 115 cm³/mol. The van der Waals surface area contributed by atoms with Crippen LogP contribution in [0.4, 0.5) is 0 Å². The van der Waals surface area contributed by atoms with Gasteiger partial charge in [-0.25, -0.2) is 9.48 Å². The highest BCUT2D eigenvalue weighted by Crippen LogP contribution is 2.28.